The molecule has 0 radical (unpaired) electrons. The monoisotopic (exact) mass is 334 g/mol. The highest BCUT2D eigenvalue weighted by molar-refractivity contribution is 5.92. The molecule has 0 bridgehead atoms. The normalized spacial score (nSPS) is 19.3. The van der Waals surface area contributed by atoms with Crippen LogP contribution in [0.3, 0.4) is 0 Å². The summed E-state index contributed by atoms with van der Waals surface area (Å²) in [5.41, 5.74) is 1.10. The van der Waals surface area contributed by atoms with Crippen LogP contribution in [0.2, 0.25) is 0 Å². The summed E-state index contributed by atoms with van der Waals surface area (Å²) in [5, 5.41) is 2.84. The number of urea groups is 1. The highest BCUT2D eigenvalue weighted by Gasteiger charge is 2.40. The summed E-state index contributed by atoms with van der Waals surface area (Å²) in [6, 6.07) is 6.50. The highest BCUT2D eigenvalue weighted by atomic mass is 16.7. The molecule has 0 atom stereocenters. The molecule has 2 aliphatic rings. The van der Waals surface area contributed by atoms with Gasteiger partial charge >= 0.3 is 12.0 Å². The second-order valence-electron chi connectivity index (χ2n) is 5.82. The van der Waals surface area contributed by atoms with Crippen LogP contribution in [0.1, 0.15) is 30.1 Å². The minimum atomic E-state index is -0.488. The summed E-state index contributed by atoms with van der Waals surface area (Å²) in [7, 11) is 0. The van der Waals surface area contributed by atoms with Crippen LogP contribution in [-0.2, 0) is 14.2 Å². The molecular weight excluding hydrogens is 312 g/mol. The summed E-state index contributed by atoms with van der Waals surface area (Å²) in [6.07, 6.45) is 1.37. The van der Waals surface area contributed by atoms with Crippen LogP contribution < -0.4 is 5.32 Å². The van der Waals surface area contributed by atoms with Crippen LogP contribution in [0.4, 0.5) is 10.5 Å². The van der Waals surface area contributed by atoms with E-state index in [2.05, 4.69) is 5.32 Å². The van der Waals surface area contributed by atoms with E-state index < -0.39 is 5.79 Å². The van der Waals surface area contributed by atoms with Gasteiger partial charge in [-0.25, -0.2) is 9.59 Å². The number of esters is 1. The molecule has 7 nitrogen and oxygen atoms in total. The van der Waals surface area contributed by atoms with Crippen molar-refractivity contribution in [3.63, 3.8) is 0 Å². The number of ether oxygens (including phenoxy) is 3. The second-order valence-corrected chi connectivity index (χ2v) is 5.82. The Morgan fingerprint density at radius 3 is 2.38 bits per heavy atom. The third-order valence-electron chi connectivity index (χ3n) is 4.27. The standard InChI is InChI=1S/C17H22N2O5/c1-2-22-15(20)13-3-5-14(6-4-13)18-16(21)19-9-7-17(8-10-19)23-11-12-24-17/h3-6H,2,7-12H2,1H3,(H,18,21). The van der Waals surface area contributed by atoms with Gasteiger partial charge in [0.25, 0.3) is 0 Å². The van der Waals surface area contributed by atoms with Crippen molar-refractivity contribution < 1.29 is 23.8 Å². The average Bonchev–Trinajstić information content (AvgIpc) is 3.04. The minimum absolute atomic E-state index is 0.160. The molecule has 0 unspecified atom stereocenters. The van der Waals surface area contributed by atoms with Gasteiger partial charge in [0.2, 0.25) is 0 Å². The van der Waals surface area contributed by atoms with Crippen molar-refractivity contribution >= 4 is 17.7 Å². The molecule has 7 heteroatoms. The first-order valence-electron chi connectivity index (χ1n) is 8.23. The second kappa shape index (κ2) is 7.19. The number of carbonyl (C=O) groups is 2. The number of nitrogens with zero attached hydrogens (tertiary/aromatic N) is 1. The molecule has 2 fully saturated rings. The molecule has 1 aromatic rings. The van der Waals surface area contributed by atoms with Gasteiger partial charge in [0.1, 0.15) is 0 Å². The zero-order valence-corrected chi connectivity index (χ0v) is 13.7. The Bertz CT molecular complexity index is 586. The van der Waals surface area contributed by atoms with Gasteiger partial charge in [-0.1, -0.05) is 0 Å². The Balaban J connectivity index is 1.52. The maximum absolute atomic E-state index is 12.3. The van der Waals surface area contributed by atoms with Gasteiger partial charge in [-0.3, -0.25) is 0 Å². The number of amides is 2. The fraction of sp³-hybridized carbons (Fsp3) is 0.529. The quantitative estimate of drug-likeness (QED) is 0.858. The van der Waals surface area contributed by atoms with Gasteiger partial charge in [0.05, 0.1) is 25.4 Å². The zero-order valence-electron chi connectivity index (χ0n) is 13.7. The molecule has 2 saturated heterocycles. The van der Waals surface area contributed by atoms with E-state index in [1.54, 1.807) is 36.1 Å². The molecule has 3 rings (SSSR count). The average molecular weight is 334 g/mol. The summed E-state index contributed by atoms with van der Waals surface area (Å²) in [4.78, 5) is 25.7. The van der Waals surface area contributed by atoms with E-state index in [1.165, 1.54) is 0 Å². The number of benzene rings is 1. The van der Waals surface area contributed by atoms with Gasteiger partial charge in [-0.2, -0.15) is 0 Å². The number of likely N-dealkylation sites (tertiary alicyclic amines) is 1. The molecule has 1 N–H and O–H groups in total. The van der Waals surface area contributed by atoms with Crippen molar-refractivity contribution in [2.24, 2.45) is 0 Å². The van der Waals surface area contributed by atoms with E-state index in [9.17, 15) is 9.59 Å². The summed E-state index contributed by atoms with van der Waals surface area (Å²) >= 11 is 0. The molecule has 0 aromatic heterocycles. The van der Waals surface area contributed by atoms with Gasteiger partial charge < -0.3 is 24.4 Å². The lowest BCUT2D eigenvalue weighted by Crippen LogP contribution is -2.48. The fourth-order valence-electron chi connectivity index (χ4n) is 2.94. The van der Waals surface area contributed by atoms with Crippen molar-refractivity contribution in [1.82, 2.24) is 4.90 Å². The first-order chi connectivity index (χ1) is 11.6. The van der Waals surface area contributed by atoms with E-state index in [0.29, 0.717) is 57.0 Å². The Hall–Kier alpha value is -2.12. The fourth-order valence-corrected chi connectivity index (χ4v) is 2.94. The predicted molar refractivity (Wildman–Crippen MR) is 86.9 cm³/mol. The number of piperidine rings is 1. The predicted octanol–water partition coefficient (Wildman–Crippen LogP) is 2.23. The molecule has 2 amide bonds. The Labute approximate surface area is 140 Å². The summed E-state index contributed by atoms with van der Waals surface area (Å²) in [5.74, 6) is -0.855. The number of nitrogens with one attached hydrogen (secondary N) is 1. The van der Waals surface area contributed by atoms with Crippen LogP contribution in [0.5, 0.6) is 0 Å². The summed E-state index contributed by atoms with van der Waals surface area (Å²) in [6.45, 7) is 4.52. The van der Waals surface area contributed by atoms with E-state index in [4.69, 9.17) is 14.2 Å². The van der Waals surface area contributed by atoms with Crippen LogP contribution in [-0.4, -0.2) is 55.6 Å². The van der Waals surface area contributed by atoms with E-state index in [1.807, 2.05) is 0 Å². The number of rotatable bonds is 3. The zero-order chi connectivity index (χ0) is 17.0. The molecule has 0 aliphatic carbocycles. The maximum atomic E-state index is 12.3. The lowest BCUT2D eigenvalue weighted by Gasteiger charge is -2.37. The number of hydrogen-bond acceptors (Lipinski definition) is 5. The van der Waals surface area contributed by atoms with Crippen LogP contribution in [0, 0.1) is 0 Å². The highest BCUT2D eigenvalue weighted by Crippen LogP contribution is 2.31. The van der Waals surface area contributed by atoms with Gasteiger partial charge in [-0.05, 0) is 31.2 Å². The first kappa shape index (κ1) is 16.7. The van der Waals surface area contributed by atoms with E-state index >= 15 is 0 Å². The lowest BCUT2D eigenvalue weighted by atomic mass is 10.0. The number of hydrogen-bond donors (Lipinski definition) is 1. The molecule has 24 heavy (non-hydrogen) atoms. The van der Waals surface area contributed by atoms with E-state index in [-0.39, 0.29) is 12.0 Å². The molecule has 1 aromatic carbocycles. The van der Waals surface area contributed by atoms with Crippen LogP contribution in [0.15, 0.2) is 24.3 Å². The van der Waals surface area contributed by atoms with Crippen LogP contribution >= 0.6 is 0 Å². The Morgan fingerprint density at radius 2 is 1.79 bits per heavy atom. The Morgan fingerprint density at radius 1 is 1.17 bits per heavy atom. The van der Waals surface area contributed by atoms with E-state index in [0.717, 1.165) is 0 Å². The molecule has 2 aliphatic heterocycles. The molecule has 130 valence electrons. The van der Waals surface area contributed by atoms with Crippen molar-refractivity contribution in [3.05, 3.63) is 29.8 Å². The minimum Gasteiger partial charge on any atom is -0.462 e. The van der Waals surface area contributed by atoms with Crippen molar-refractivity contribution in [1.29, 1.82) is 0 Å². The van der Waals surface area contributed by atoms with Gasteiger partial charge in [0, 0.05) is 31.6 Å². The molecular formula is C17H22N2O5. The largest absolute Gasteiger partial charge is 0.462 e. The van der Waals surface area contributed by atoms with Crippen LogP contribution in [0.25, 0.3) is 0 Å². The van der Waals surface area contributed by atoms with Crippen molar-refractivity contribution in [2.45, 2.75) is 25.6 Å². The third-order valence-corrected chi connectivity index (χ3v) is 4.27. The molecule has 1 spiro atoms. The molecule has 0 saturated carbocycles. The SMILES string of the molecule is CCOC(=O)c1ccc(NC(=O)N2CCC3(CC2)OCCO3)cc1. The topological polar surface area (TPSA) is 77.1 Å². The van der Waals surface area contributed by atoms with Gasteiger partial charge in [-0.15, -0.1) is 0 Å². The first-order valence-corrected chi connectivity index (χ1v) is 8.23. The molecule has 2 heterocycles. The van der Waals surface area contributed by atoms with Crippen molar-refractivity contribution in [3.8, 4) is 0 Å². The van der Waals surface area contributed by atoms with Crippen molar-refractivity contribution in [2.75, 3.05) is 38.2 Å². The number of anilines is 1. The summed E-state index contributed by atoms with van der Waals surface area (Å²) < 4.78 is 16.2. The smallest absolute Gasteiger partial charge is 0.338 e. The maximum Gasteiger partial charge on any atom is 0.338 e. The lowest BCUT2D eigenvalue weighted by molar-refractivity contribution is -0.181. The third kappa shape index (κ3) is 3.68. The number of carbonyl (C=O) groups excluding carboxylic acids is 2. The Kier molecular flexibility index (Phi) is 5.01. The van der Waals surface area contributed by atoms with Gasteiger partial charge in [0.15, 0.2) is 5.79 Å².